The fourth-order valence-corrected chi connectivity index (χ4v) is 4.38. The number of rotatable bonds is 7. The van der Waals surface area contributed by atoms with Gasteiger partial charge in [0.25, 0.3) is 5.91 Å². The molecule has 180 valence electrons. The lowest BCUT2D eigenvalue weighted by atomic mass is 10.1. The van der Waals surface area contributed by atoms with E-state index in [1.165, 1.54) is 0 Å². The van der Waals surface area contributed by atoms with Crippen molar-refractivity contribution in [2.45, 2.75) is 31.0 Å². The quantitative estimate of drug-likeness (QED) is 0.623. The molecule has 1 fully saturated rings. The monoisotopic (exact) mass is 486 g/mol. The molecule has 1 atom stereocenters. The molecule has 3 rings (SSSR count). The van der Waals surface area contributed by atoms with Crippen LogP contribution in [0.5, 0.6) is 0 Å². The molecule has 1 amide bonds. The Bertz CT molecular complexity index is 1090. The zero-order chi connectivity index (χ0) is 24.2. The van der Waals surface area contributed by atoms with Gasteiger partial charge < -0.3 is 15.0 Å². The number of hydrogen-bond donors (Lipinski definition) is 2. The Morgan fingerprint density at radius 2 is 1.79 bits per heavy atom. The van der Waals surface area contributed by atoms with Crippen molar-refractivity contribution >= 4 is 21.7 Å². The van der Waals surface area contributed by atoms with Gasteiger partial charge in [-0.2, -0.15) is 13.2 Å². The van der Waals surface area contributed by atoms with Crippen LogP contribution in [-0.4, -0.2) is 58.2 Å². The first kappa shape index (κ1) is 24.9. The van der Waals surface area contributed by atoms with Gasteiger partial charge in [0.1, 0.15) is 5.82 Å². The molecule has 1 aromatic carbocycles. The van der Waals surface area contributed by atoms with Gasteiger partial charge in [0, 0.05) is 25.7 Å². The van der Waals surface area contributed by atoms with Gasteiger partial charge in [-0.05, 0) is 50.2 Å². The minimum Gasteiger partial charge on any atom is -0.378 e. The normalized spacial score (nSPS) is 15.8. The molecule has 1 aliphatic heterocycles. The molecule has 33 heavy (non-hydrogen) atoms. The van der Waals surface area contributed by atoms with Gasteiger partial charge in [0.15, 0.2) is 0 Å². The van der Waals surface area contributed by atoms with Crippen molar-refractivity contribution in [2.24, 2.45) is 0 Å². The van der Waals surface area contributed by atoms with Gasteiger partial charge in [0.05, 0.1) is 34.9 Å². The third-order valence-electron chi connectivity index (χ3n) is 5.10. The maximum absolute atomic E-state index is 12.7. The Labute approximate surface area is 190 Å². The van der Waals surface area contributed by atoms with E-state index in [0.29, 0.717) is 49.7 Å². The smallest absolute Gasteiger partial charge is 0.378 e. The Morgan fingerprint density at radius 1 is 1.15 bits per heavy atom. The highest BCUT2D eigenvalue weighted by Gasteiger charge is 2.30. The number of nitrogens with one attached hydrogen (secondary N) is 2. The molecule has 0 spiro atoms. The molecule has 2 heterocycles. The molecule has 1 aromatic heterocycles. The summed E-state index contributed by atoms with van der Waals surface area (Å²) < 4.78 is 70.3. The summed E-state index contributed by atoms with van der Waals surface area (Å²) in [5, 5.41) is 2.70. The molecular weight excluding hydrogens is 461 g/mol. The van der Waals surface area contributed by atoms with Crippen LogP contribution in [-0.2, 0) is 20.9 Å². The zero-order valence-corrected chi connectivity index (χ0v) is 19.0. The number of alkyl halides is 3. The van der Waals surface area contributed by atoms with Crippen LogP contribution in [0.3, 0.4) is 0 Å². The van der Waals surface area contributed by atoms with Crippen LogP contribution in [0.25, 0.3) is 0 Å². The number of morpholine rings is 1. The minimum atomic E-state index is -4.55. The van der Waals surface area contributed by atoms with Crippen LogP contribution >= 0.6 is 0 Å². The molecule has 8 nitrogen and oxygen atoms in total. The summed E-state index contributed by atoms with van der Waals surface area (Å²) in [5.41, 5.74) is -0.0378. The number of anilines is 1. The Hall–Kier alpha value is -2.70. The summed E-state index contributed by atoms with van der Waals surface area (Å²) in [4.78, 5) is 18.9. The van der Waals surface area contributed by atoms with E-state index in [2.05, 4.69) is 19.9 Å². The Morgan fingerprint density at radius 3 is 2.36 bits per heavy atom. The van der Waals surface area contributed by atoms with Crippen LogP contribution in [0.1, 0.15) is 28.5 Å². The molecule has 12 heteroatoms. The minimum absolute atomic E-state index is 0.145. The molecule has 1 aliphatic rings. The molecule has 2 aromatic rings. The number of ether oxygens (including phenoxy) is 1. The van der Waals surface area contributed by atoms with E-state index in [0.717, 1.165) is 18.0 Å². The van der Waals surface area contributed by atoms with Gasteiger partial charge in [-0.3, -0.25) is 4.79 Å². The summed E-state index contributed by atoms with van der Waals surface area (Å²) in [6.07, 6.45) is -4.55. The lowest BCUT2D eigenvalue weighted by Crippen LogP contribution is -2.42. The maximum Gasteiger partial charge on any atom is 0.416 e. The highest BCUT2D eigenvalue weighted by atomic mass is 32.2. The second-order valence-corrected chi connectivity index (χ2v) is 9.42. The number of hydrogen-bond acceptors (Lipinski definition) is 6. The van der Waals surface area contributed by atoms with Crippen LogP contribution in [0, 0.1) is 6.92 Å². The molecule has 0 saturated carbocycles. The number of halogens is 3. The molecule has 0 aliphatic carbocycles. The topological polar surface area (TPSA) is 101 Å². The lowest BCUT2D eigenvalue weighted by molar-refractivity contribution is -0.137. The molecule has 0 bridgehead atoms. The van der Waals surface area contributed by atoms with Crippen molar-refractivity contribution in [3.05, 3.63) is 53.2 Å². The van der Waals surface area contributed by atoms with E-state index in [-0.39, 0.29) is 11.4 Å². The van der Waals surface area contributed by atoms with Crippen molar-refractivity contribution in [1.29, 1.82) is 0 Å². The van der Waals surface area contributed by atoms with E-state index in [4.69, 9.17) is 4.74 Å². The third kappa shape index (κ3) is 6.42. The van der Waals surface area contributed by atoms with E-state index in [9.17, 15) is 26.4 Å². The highest BCUT2D eigenvalue weighted by Crippen LogP contribution is 2.29. The first-order chi connectivity index (χ1) is 15.5. The standard InChI is InChI=1S/C21H25F3N4O4S/c1-14(13-25-33(30,31)17-5-3-16(4-6-17)21(22,23)24)26-20(29)18-7-8-19(27-15(18)2)28-9-11-32-12-10-28/h3-8,14,25H,9-13H2,1-2H3,(H,26,29)/t14-/m0/s1. The number of nitrogens with zero attached hydrogens (tertiary/aromatic N) is 2. The number of carbonyl (C=O) groups excluding carboxylic acids is 1. The second-order valence-electron chi connectivity index (χ2n) is 7.65. The number of amides is 1. The number of sulfonamides is 1. The van der Waals surface area contributed by atoms with Gasteiger partial charge >= 0.3 is 6.18 Å². The van der Waals surface area contributed by atoms with E-state index in [1.807, 2.05) is 0 Å². The molecular formula is C21H25F3N4O4S. The summed E-state index contributed by atoms with van der Waals surface area (Å²) in [6.45, 7) is 5.84. The second kappa shape index (κ2) is 10.1. The van der Waals surface area contributed by atoms with Crippen LogP contribution in [0.2, 0.25) is 0 Å². The zero-order valence-electron chi connectivity index (χ0n) is 18.1. The predicted octanol–water partition coefficient (Wildman–Crippen LogP) is 2.34. The molecule has 0 radical (unpaired) electrons. The largest absolute Gasteiger partial charge is 0.416 e. The number of aromatic nitrogens is 1. The van der Waals surface area contributed by atoms with E-state index < -0.39 is 33.7 Å². The van der Waals surface area contributed by atoms with E-state index >= 15 is 0 Å². The van der Waals surface area contributed by atoms with Crippen molar-refractivity contribution < 1.29 is 31.1 Å². The van der Waals surface area contributed by atoms with Crippen molar-refractivity contribution in [1.82, 2.24) is 15.0 Å². The van der Waals surface area contributed by atoms with Crippen LogP contribution < -0.4 is 14.9 Å². The summed E-state index contributed by atoms with van der Waals surface area (Å²) in [7, 11) is -4.04. The molecule has 1 saturated heterocycles. The highest BCUT2D eigenvalue weighted by molar-refractivity contribution is 7.89. The molecule has 0 unspecified atom stereocenters. The third-order valence-corrected chi connectivity index (χ3v) is 6.54. The average Bonchev–Trinajstić information content (AvgIpc) is 2.77. The Kier molecular flexibility index (Phi) is 7.60. The lowest BCUT2D eigenvalue weighted by Gasteiger charge is -2.28. The number of pyridine rings is 1. The Balaban J connectivity index is 1.57. The summed E-state index contributed by atoms with van der Waals surface area (Å²) >= 11 is 0. The van der Waals surface area contributed by atoms with Crippen LogP contribution in [0.15, 0.2) is 41.3 Å². The number of carbonyl (C=O) groups is 1. The number of aryl methyl sites for hydroxylation is 1. The number of benzene rings is 1. The first-order valence-electron chi connectivity index (χ1n) is 10.3. The first-order valence-corrected chi connectivity index (χ1v) is 11.7. The van der Waals surface area contributed by atoms with E-state index in [1.54, 1.807) is 26.0 Å². The van der Waals surface area contributed by atoms with Gasteiger partial charge in [-0.1, -0.05) is 0 Å². The van der Waals surface area contributed by atoms with Gasteiger partial charge in [-0.15, -0.1) is 0 Å². The maximum atomic E-state index is 12.7. The van der Waals surface area contributed by atoms with Gasteiger partial charge in [0.2, 0.25) is 10.0 Å². The fourth-order valence-electron chi connectivity index (χ4n) is 3.25. The van der Waals surface area contributed by atoms with Gasteiger partial charge in [-0.25, -0.2) is 18.1 Å². The van der Waals surface area contributed by atoms with Crippen molar-refractivity contribution in [2.75, 3.05) is 37.7 Å². The van der Waals surface area contributed by atoms with Crippen molar-refractivity contribution in [3.63, 3.8) is 0 Å². The molecule has 2 N–H and O–H groups in total. The summed E-state index contributed by atoms with van der Waals surface area (Å²) in [6, 6.07) is 6.03. The van der Waals surface area contributed by atoms with Crippen LogP contribution in [0.4, 0.5) is 19.0 Å². The summed E-state index contributed by atoms with van der Waals surface area (Å²) in [5.74, 6) is 0.347. The fraction of sp³-hybridized carbons (Fsp3) is 0.429. The predicted molar refractivity (Wildman–Crippen MR) is 116 cm³/mol. The van der Waals surface area contributed by atoms with Crippen molar-refractivity contribution in [3.8, 4) is 0 Å². The SMILES string of the molecule is Cc1nc(N2CCOCC2)ccc1C(=O)N[C@@H](C)CNS(=O)(=O)c1ccc(C(F)(F)F)cc1. The average molecular weight is 487 g/mol.